The lowest BCUT2D eigenvalue weighted by Gasteiger charge is -2.28. The number of alkyl halides is 1. The van der Waals surface area contributed by atoms with Gasteiger partial charge in [-0.05, 0) is 17.2 Å². The van der Waals surface area contributed by atoms with Crippen LogP contribution in [0.15, 0.2) is 48.5 Å². The zero-order valence-corrected chi connectivity index (χ0v) is 9.54. The van der Waals surface area contributed by atoms with E-state index in [1.807, 2.05) is 6.07 Å². The minimum atomic E-state index is 0.216. The maximum atomic E-state index is 6.01. The summed E-state index contributed by atoms with van der Waals surface area (Å²) in [6, 6.07) is 17.0. The van der Waals surface area contributed by atoms with Crippen molar-refractivity contribution in [1.29, 1.82) is 0 Å². The molecule has 2 aromatic rings. The third-order valence-corrected chi connectivity index (χ3v) is 3.35. The van der Waals surface area contributed by atoms with Gasteiger partial charge in [-0.3, -0.25) is 0 Å². The molecule has 1 aliphatic rings. The van der Waals surface area contributed by atoms with E-state index in [0.29, 0.717) is 5.88 Å². The Morgan fingerprint density at radius 1 is 0.938 bits per heavy atom. The summed E-state index contributed by atoms with van der Waals surface area (Å²) in [7, 11) is 0. The van der Waals surface area contributed by atoms with Crippen LogP contribution in [0.5, 0.6) is 0 Å². The van der Waals surface area contributed by atoms with Crippen molar-refractivity contribution in [2.45, 2.75) is 6.04 Å². The molecule has 0 aliphatic carbocycles. The lowest BCUT2D eigenvalue weighted by Crippen LogP contribution is -2.17. The van der Waals surface area contributed by atoms with Crippen molar-refractivity contribution in [1.82, 2.24) is 0 Å². The maximum absolute atomic E-state index is 6.01. The van der Waals surface area contributed by atoms with Gasteiger partial charge in [-0.2, -0.15) is 0 Å². The molecule has 0 fully saturated rings. The van der Waals surface area contributed by atoms with Crippen LogP contribution in [0.2, 0.25) is 0 Å². The van der Waals surface area contributed by atoms with Gasteiger partial charge in [-0.1, -0.05) is 42.5 Å². The van der Waals surface area contributed by atoms with E-state index in [2.05, 4.69) is 47.8 Å². The molecule has 0 saturated carbocycles. The number of anilines is 1. The number of hydrogen-bond acceptors (Lipinski definition) is 1. The first-order valence-electron chi connectivity index (χ1n) is 5.41. The van der Waals surface area contributed by atoms with E-state index >= 15 is 0 Å². The molecule has 1 atom stereocenters. The Kier molecular flexibility index (Phi) is 2.33. The van der Waals surface area contributed by atoms with Crippen LogP contribution in [0, 0.1) is 0 Å². The molecule has 0 spiro atoms. The number of para-hydroxylation sites is 1. The van der Waals surface area contributed by atoms with Gasteiger partial charge < -0.3 is 5.32 Å². The predicted molar refractivity (Wildman–Crippen MR) is 69.0 cm³/mol. The quantitative estimate of drug-likeness (QED) is 0.728. The third-order valence-electron chi connectivity index (χ3n) is 3.04. The van der Waals surface area contributed by atoms with Gasteiger partial charge in [0.25, 0.3) is 0 Å². The van der Waals surface area contributed by atoms with Crippen LogP contribution < -0.4 is 5.32 Å². The molecular weight excluding hydrogens is 218 g/mol. The molecule has 1 nitrogen and oxygen atoms in total. The van der Waals surface area contributed by atoms with E-state index in [9.17, 15) is 0 Å². The largest absolute Gasteiger partial charge is 0.377 e. The highest BCUT2D eigenvalue weighted by Crippen LogP contribution is 2.40. The first-order valence-corrected chi connectivity index (χ1v) is 5.94. The topological polar surface area (TPSA) is 12.0 Å². The van der Waals surface area contributed by atoms with Crippen LogP contribution >= 0.6 is 11.6 Å². The fraction of sp³-hybridized carbons (Fsp3) is 0.143. The first kappa shape index (κ1) is 9.73. The Balaban J connectivity index is 2.24. The smallest absolute Gasteiger partial charge is 0.0655 e. The summed E-state index contributed by atoms with van der Waals surface area (Å²) < 4.78 is 0. The molecule has 0 unspecified atom stereocenters. The van der Waals surface area contributed by atoms with E-state index in [0.717, 1.165) is 0 Å². The van der Waals surface area contributed by atoms with Crippen molar-refractivity contribution in [3.63, 3.8) is 0 Å². The van der Waals surface area contributed by atoms with Crippen LogP contribution in [0.1, 0.15) is 11.6 Å². The lowest BCUT2D eigenvalue weighted by molar-refractivity contribution is 0.885. The SMILES string of the molecule is ClC[C@@H]1Nc2ccccc2-c2ccccc21. The Hall–Kier alpha value is -1.47. The van der Waals surface area contributed by atoms with Crippen molar-refractivity contribution in [2.75, 3.05) is 11.2 Å². The second-order valence-corrected chi connectivity index (χ2v) is 4.29. The molecule has 2 heteroatoms. The molecular formula is C14H12ClN. The zero-order chi connectivity index (χ0) is 11.0. The fourth-order valence-electron chi connectivity index (χ4n) is 2.28. The standard InChI is InChI=1S/C14H12ClN/c15-9-14-12-7-2-1-5-10(12)11-6-3-4-8-13(11)16-14/h1-8,14,16H,9H2/t14-/m0/s1. The van der Waals surface area contributed by atoms with Gasteiger partial charge >= 0.3 is 0 Å². The van der Waals surface area contributed by atoms with Crippen LogP contribution in [-0.4, -0.2) is 5.88 Å². The van der Waals surface area contributed by atoms with Gasteiger partial charge in [-0.15, -0.1) is 11.6 Å². The monoisotopic (exact) mass is 229 g/mol. The molecule has 16 heavy (non-hydrogen) atoms. The van der Waals surface area contributed by atoms with Crippen molar-refractivity contribution in [3.8, 4) is 11.1 Å². The third kappa shape index (κ3) is 1.40. The molecule has 0 amide bonds. The molecule has 0 radical (unpaired) electrons. The van der Waals surface area contributed by atoms with Gasteiger partial charge in [0.15, 0.2) is 0 Å². The Labute approximate surface area is 100 Å². The number of benzene rings is 2. The van der Waals surface area contributed by atoms with E-state index in [4.69, 9.17) is 11.6 Å². The highest BCUT2D eigenvalue weighted by molar-refractivity contribution is 6.18. The van der Waals surface area contributed by atoms with E-state index < -0.39 is 0 Å². The molecule has 3 rings (SSSR count). The van der Waals surface area contributed by atoms with Crippen molar-refractivity contribution in [3.05, 3.63) is 54.1 Å². The summed E-state index contributed by atoms with van der Waals surface area (Å²) in [6.45, 7) is 0. The zero-order valence-electron chi connectivity index (χ0n) is 8.78. The summed E-state index contributed by atoms with van der Waals surface area (Å²) in [6.07, 6.45) is 0. The number of halogens is 1. The molecule has 80 valence electrons. The van der Waals surface area contributed by atoms with E-state index in [1.165, 1.54) is 22.4 Å². The lowest BCUT2D eigenvalue weighted by atomic mass is 9.90. The maximum Gasteiger partial charge on any atom is 0.0655 e. The number of rotatable bonds is 1. The highest BCUT2D eigenvalue weighted by Gasteiger charge is 2.22. The second-order valence-electron chi connectivity index (χ2n) is 3.98. The Morgan fingerprint density at radius 2 is 1.62 bits per heavy atom. The van der Waals surface area contributed by atoms with Crippen molar-refractivity contribution in [2.24, 2.45) is 0 Å². The summed E-state index contributed by atoms with van der Waals surface area (Å²) in [4.78, 5) is 0. The van der Waals surface area contributed by atoms with E-state index in [1.54, 1.807) is 0 Å². The highest BCUT2D eigenvalue weighted by atomic mass is 35.5. The number of nitrogens with one attached hydrogen (secondary N) is 1. The normalized spacial score (nSPS) is 17.2. The molecule has 0 aromatic heterocycles. The van der Waals surface area contributed by atoms with Crippen LogP contribution in [0.4, 0.5) is 5.69 Å². The minimum Gasteiger partial charge on any atom is -0.377 e. The summed E-state index contributed by atoms with van der Waals surface area (Å²) in [5.41, 5.74) is 5.02. The average Bonchev–Trinajstić information content (AvgIpc) is 2.38. The molecule has 0 saturated heterocycles. The van der Waals surface area contributed by atoms with Gasteiger partial charge in [0.2, 0.25) is 0 Å². The molecule has 0 bridgehead atoms. The summed E-state index contributed by atoms with van der Waals surface area (Å²) >= 11 is 6.01. The van der Waals surface area contributed by atoms with Crippen LogP contribution in [-0.2, 0) is 0 Å². The first-order chi connectivity index (χ1) is 7.90. The molecule has 2 aromatic carbocycles. The van der Waals surface area contributed by atoms with Gasteiger partial charge in [0.05, 0.1) is 6.04 Å². The fourth-order valence-corrected chi connectivity index (χ4v) is 2.52. The van der Waals surface area contributed by atoms with Crippen molar-refractivity contribution < 1.29 is 0 Å². The predicted octanol–water partition coefficient (Wildman–Crippen LogP) is 4.06. The minimum absolute atomic E-state index is 0.216. The van der Waals surface area contributed by atoms with Gasteiger partial charge in [0.1, 0.15) is 0 Å². The average molecular weight is 230 g/mol. The van der Waals surface area contributed by atoms with E-state index in [-0.39, 0.29) is 6.04 Å². The summed E-state index contributed by atoms with van der Waals surface area (Å²) in [5, 5.41) is 3.47. The number of hydrogen-bond donors (Lipinski definition) is 1. The molecule has 1 heterocycles. The van der Waals surface area contributed by atoms with Gasteiger partial charge in [-0.25, -0.2) is 0 Å². The van der Waals surface area contributed by atoms with Crippen molar-refractivity contribution >= 4 is 17.3 Å². The van der Waals surface area contributed by atoms with Gasteiger partial charge in [0, 0.05) is 17.1 Å². The second kappa shape index (κ2) is 3.84. The molecule has 1 N–H and O–H groups in total. The Morgan fingerprint density at radius 3 is 2.44 bits per heavy atom. The Bertz CT molecular complexity index is 522. The van der Waals surface area contributed by atoms with Crippen LogP contribution in [0.3, 0.4) is 0 Å². The molecule has 1 aliphatic heterocycles. The summed E-state index contributed by atoms with van der Waals surface area (Å²) in [5.74, 6) is 0.589. The van der Waals surface area contributed by atoms with Crippen LogP contribution in [0.25, 0.3) is 11.1 Å². The number of fused-ring (bicyclic) bond motifs is 3.